The summed E-state index contributed by atoms with van der Waals surface area (Å²) in [5.41, 5.74) is 0.687. The molecule has 0 saturated carbocycles. The summed E-state index contributed by atoms with van der Waals surface area (Å²) >= 11 is 0. The molecule has 22 heavy (non-hydrogen) atoms. The molecule has 8 nitrogen and oxygen atoms in total. The van der Waals surface area contributed by atoms with Gasteiger partial charge in [-0.15, -0.1) is 5.10 Å². The summed E-state index contributed by atoms with van der Waals surface area (Å²) in [5, 5.41) is 4.01. The molecule has 0 spiro atoms. The molecule has 1 aromatic heterocycles. The van der Waals surface area contributed by atoms with Crippen LogP contribution in [0.2, 0.25) is 0 Å². The summed E-state index contributed by atoms with van der Waals surface area (Å²) in [5.74, 6) is 0.129. The van der Waals surface area contributed by atoms with Crippen molar-refractivity contribution in [1.82, 2.24) is 9.78 Å². The van der Waals surface area contributed by atoms with Crippen molar-refractivity contribution in [2.75, 3.05) is 25.2 Å². The summed E-state index contributed by atoms with van der Waals surface area (Å²) in [4.78, 5) is 25.3. The quantitative estimate of drug-likeness (QED) is 0.795. The molecule has 1 aliphatic heterocycles. The van der Waals surface area contributed by atoms with E-state index in [1.165, 1.54) is 11.8 Å². The van der Waals surface area contributed by atoms with E-state index in [9.17, 15) is 9.59 Å². The number of methoxy groups -OCH3 is 1. The van der Waals surface area contributed by atoms with Crippen molar-refractivity contribution < 1.29 is 18.7 Å². The number of ether oxygens (including phenoxy) is 2. The van der Waals surface area contributed by atoms with Gasteiger partial charge in [0, 0.05) is 13.7 Å². The SMILES string of the molecule is COCc1nn(CCN2C(=O)COc3ccccc32)c(=O)o1. The van der Waals surface area contributed by atoms with E-state index in [1.807, 2.05) is 12.1 Å². The van der Waals surface area contributed by atoms with Crippen molar-refractivity contribution >= 4 is 11.6 Å². The predicted molar refractivity (Wildman–Crippen MR) is 75.8 cm³/mol. The van der Waals surface area contributed by atoms with Crippen LogP contribution in [-0.2, 0) is 22.7 Å². The third kappa shape index (κ3) is 2.73. The molecule has 2 heterocycles. The fraction of sp³-hybridized carbons (Fsp3) is 0.357. The Kier molecular flexibility index (Phi) is 3.92. The first-order chi connectivity index (χ1) is 10.7. The van der Waals surface area contributed by atoms with Gasteiger partial charge in [0.1, 0.15) is 12.4 Å². The van der Waals surface area contributed by atoms with Gasteiger partial charge in [-0.3, -0.25) is 4.79 Å². The van der Waals surface area contributed by atoms with Crippen molar-refractivity contribution in [3.63, 3.8) is 0 Å². The molecule has 0 N–H and O–H groups in total. The topological polar surface area (TPSA) is 86.8 Å². The van der Waals surface area contributed by atoms with E-state index in [0.717, 1.165) is 0 Å². The highest BCUT2D eigenvalue weighted by atomic mass is 16.5. The molecular weight excluding hydrogens is 290 g/mol. The number of hydrogen-bond acceptors (Lipinski definition) is 6. The van der Waals surface area contributed by atoms with Crippen LogP contribution < -0.4 is 15.4 Å². The zero-order chi connectivity index (χ0) is 15.5. The van der Waals surface area contributed by atoms with E-state index in [-0.39, 0.29) is 31.6 Å². The van der Waals surface area contributed by atoms with Crippen molar-refractivity contribution in [2.24, 2.45) is 0 Å². The van der Waals surface area contributed by atoms with Gasteiger partial charge in [0.2, 0.25) is 5.89 Å². The molecule has 1 amide bonds. The van der Waals surface area contributed by atoms with Crippen LogP contribution in [0.15, 0.2) is 33.5 Å². The molecular formula is C14H15N3O5. The van der Waals surface area contributed by atoms with Crippen molar-refractivity contribution in [1.29, 1.82) is 0 Å². The molecule has 3 rings (SSSR count). The molecule has 116 valence electrons. The highest BCUT2D eigenvalue weighted by Gasteiger charge is 2.25. The maximum Gasteiger partial charge on any atom is 0.437 e. The van der Waals surface area contributed by atoms with Crippen LogP contribution in [0, 0.1) is 0 Å². The zero-order valence-electron chi connectivity index (χ0n) is 12.0. The Labute approximate surface area is 125 Å². The summed E-state index contributed by atoms with van der Waals surface area (Å²) in [7, 11) is 1.49. The van der Waals surface area contributed by atoms with Gasteiger partial charge in [-0.05, 0) is 12.1 Å². The minimum atomic E-state index is -0.568. The third-order valence-electron chi connectivity index (χ3n) is 3.26. The Morgan fingerprint density at radius 2 is 2.09 bits per heavy atom. The summed E-state index contributed by atoms with van der Waals surface area (Å²) < 4.78 is 16.3. The highest BCUT2D eigenvalue weighted by Crippen LogP contribution is 2.31. The molecule has 0 radical (unpaired) electrons. The first-order valence-electron chi connectivity index (χ1n) is 6.77. The van der Waals surface area contributed by atoms with Gasteiger partial charge in [0.05, 0.1) is 12.2 Å². The Bertz CT molecular complexity index is 736. The van der Waals surface area contributed by atoms with Gasteiger partial charge in [0.25, 0.3) is 5.91 Å². The van der Waals surface area contributed by atoms with E-state index in [2.05, 4.69) is 5.10 Å². The number of para-hydroxylation sites is 2. The van der Waals surface area contributed by atoms with Crippen molar-refractivity contribution in [3.8, 4) is 5.75 Å². The standard InChI is InChI=1S/C14H15N3O5/c1-20-8-12-15-17(14(19)22-12)7-6-16-10-4-2-3-5-11(10)21-9-13(16)18/h2-5H,6-9H2,1H3. The fourth-order valence-electron chi connectivity index (χ4n) is 2.27. The lowest BCUT2D eigenvalue weighted by molar-refractivity contribution is -0.121. The number of anilines is 1. The Morgan fingerprint density at radius 3 is 2.91 bits per heavy atom. The monoisotopic (exact) mass is 305 g/mol. The van der Waals surface area contributed by atoms with Gasteiger partial charge in [-0.1, -0.05) is 12.1 Å². The number of fused-ring (bicyclic) bond motifs is 1. The Balaban J connectivity index is 1.76. The Hall–Kier alpha value is -2.61. The van der Waals surface area contributed by atoms with E-state index in [1.54, 1.807) is 17.0 Å². The minimum Gasteiger partial charge on any atom is -0.482 e. The lowest BCUT2D eigenvalue weighted by atomic mass is 10.2. The van der Waals surface area contributed by atoms with E-state index >= 15 is 0 Å². The summed E-state index contributed by atoms with van der Waals surface area (Å²) in [6.07, 6.45) is 0. The van der Waals surface area contributed by atoms with Gasteiger partial charge < -0.3 is 18.8 Å². The second-order valence-electron chi connectivity index (χ2n) is 4.72. The first-order valence-corrected chi connectivity index (χ1v) is 6.77. The molecule has 1 aliphatic rings. The number of benzene rings is 1. The van der Waals surface area contributed by atoms with Crippen LogP contribution in [0.25, 0.3) is 0 Å². The number of rotatable bonds is 5. The summed E-state index contributed by atoms with van der Waals surface area (Å²) in [6.45, 7) is 0.644. The molecule has 0 saturated heterocycles. The normalized spacial score (nSPS) is 13.9. The molecule has 0 bridgehead atoms. The molecule has 1 aromatic carbocycles. The third-order valence-corrected chi connectivity index (χ3v) is 3.26. The first kappa shape index (κ1) is 14.3. The van der Waals surface area contributed by atoms with Gasteiger partial charge >= 0.3 is 5.76 Å². The van der Waals surface area contributed by atoms with Crippen LogP contribution in [0.3, 0.4) is 0 Å². The van der Waals surface area contributed by atoms with Gasteiger partial charge in [-0.2, -0.15) is 4.68 Å². The molecule has 0 unspecified atom stereocenters. The maximum absolute atomic E-state index is 12.0. The second-order valence-corrected chi connectivity index (χ2v) is 4.72. The smallest absolute Gasteiger partial charge is 0.437 e. The van der Waals surface area contributed by atoms with E-state index in [4.69, 9.17) is 13.9 Å². The average molecular weight is 305 g/mol. The Morgan fingerprint density at radius 1 is 1.27 bits per heavy atom. The molecule has 2 aromatic rings. The van der Waals surface area contributed by atoms with Crippen molar-refractivity contribution in [2.45, 2.75) is 13.2 Å². The van der Waals surface area contributed by atoms with Crippen LogP contribution in [0.5, 0.6) is 5.75 Å². The minimum absolute atomic E-state index is 0.0142. The van der Waals surface area contributed by atoms with Gasteiger partial charge in [0.15, 0.2) is 6.61 Å². The lowest BCUT2D eigenvalue weighted by Crippen LogP contribution is -2.41. The molecule has 8 heteroatoms. The number of amides is 1. The second kappa shape index (κ2) is 6.02. The van der Waals surface area contributed by atoms with Crippen LogP contribution in [0.1, 0.15) is 5.89 Å². The van der Waals surface area contributed by atoms with Gasteiger partial charge in [-0.25, -0.2) is 4.79 Å². The maximum atomic E-state index is 12.0. The number of carbonyl (C=O) groups is 1. The fourth-order valence-corrected chi connectivity index (χ4v) is 2.27. The number of aromatic nitrogens is 2. The predicted octanol–water partition coefficient (Wildman–Crippen LogP) is 0.408. The highest BCUT2D eigenvalue weighted by molar-refractivity contribution is 5.97. The van der Waals surface area contributed by atoms with Crippen LogP contribution >= 0.6 is 0 Å². The number of nitrogens with zero attached hydrogens (tertiary/aromatic N) is 3. The van der Waals surface area contributed by atoms with Crippen LogP contribution in [-0.4, -0.2) is 35.9 Å². The zero-order valence-corrected chi connectivity index (χ0v) is 12.0. The van der Waals surface area contributed by atoms with E-state index < -0.39 is 5.76 Å². The molecule has 0 fully saturated rings. The lowest BCUT2D eigenvalue weighted by Gasteiger charge is -2.29. The van der Waals surface area contributed by atoms with E-state index in [0.29, 0.717) is 18.0 Å². The molecule has 0 atom stereocenters. The summed E-state index contributed by atoms with van der Waals surface area (Å²) in [6, 6.07) is 7.26. The van der Waals surface area contributed by atoms with Crippen molar-refractivity contribution in [3.05, 3.63) is 40.7 Å². The largest absolute Gasteiger partial charge is 0.482 e. The van der Waals surface area contributed by atoms with Crippen LogP contribution in [0.4, 0.5) is 5.69 Å². The number of carbonyl (C=O) groups excluding carboxylic acids is 1. The molecule has 0 aliphatic carbocycles. The average Bonchev–Trinajstić information content (AvgIpc) is 2.86. The number of hydrogen-bond donors (Lipinski definition) is 0.